The fourth-order valence-electron chi connectivity index (χ4n) is 3.36. The number of rotatable bonds is 5. The van der Waals surface area contributed by atoms with Gasteiger partial charge in [-0.05, 0) is 37.1 Å². The van der Waals surface area contributed by atoms with E-state index in [9.17, 15) is 9.18 Å². The van der Waals surface area contributed by atoms with Crippen LogP contribution in [0.2, 0.25) is 5.02 Å². The quantitative estimate of drug-likeness (QED) is 0.591. The molecule has 0 spiro atoms. The highest BCUT2D eigenvalue weighted by molar-refractivity contribution is 6.31. The van der Waals surface area contributed by atoms with Crippen LogP contribution in [0.3, 0.4) is 0 Å². The molecule has 6 nitrogen and oxygen atoms in total. The maximum absolute atomic E-state index is 14.8. The van der Waals surface area contributed by atoms with Crippen LogP contribution in [0, 0.1) is 12.7 Å². The van der Waals surface area contributed by atoms with E-state index >= 15 is 0 Å². The summed E-state index contributed by atoms with van der Waals surface area (Å²) in [4.78, 5) is 16.4. The van der Waals surface area contributed by atoms with Crippen molar-refractivity contribution in [3.05, 3.63) is 76.1 Å². The van der Waals surface area contributed by atoms with Crippen LogP contribution in [0.15, 0.2) is 48.5 Å². The van der Waals surface area contributed by atoms with Gasteiger partial charge < -0.3 is 5.32 Å². The van der Waals surface area contributed by atoms with Crippen LogP contribution >= 0.6 is 11.6 Å². The second-order valence-electron chi connectivity index (χ2n) is 7.15. The first-order valence-electron chi connectivity index (χ1n) is 9.72. The van der Waals surface area contributed by atoms with Gasteiger partial charge in [0.25, 0.3) is 5.95 Å². The Labute approximate surface area is 178 Å². The molecule has 2 N–H and O–H groups in total. The smallest absolute Gasteiger partial charge is 0.250 e. The van der Waals surface area contributed by atoms with Crippen molar-refractivity contribution < 1.29 is 9.18 Å². The van der Waals surface area contributed by atoms with Gasteiger partial charge in [0.2, 0.25) is 11.9 Å². The van der Waals surface area contributed by atoms with Gasteiger partial charge >= 0.3 is 0 Å². The number of benzene rings is 2. The van der Waals surface area contributed by atoms with Crippen molar-refractivity contribution in [2.24, 2.45) is 0 Å². The van der Waals surface area contributed by atoms with E-state index in [0.29, 0.717) is 29.4 Å². The summed E-state index contributed by atoms with van der Waals surface area (Å²) in [5.74, 6) is -0.0595. The number of aromatic nitrogens is 3. The molecule has 1 amide bonds. The number of fused-ring (bicyclic) bond motifs is 1. The number of aryl methyl sites for hydroxylation is 1. The minimum atomic E-state index is -0.629. The predicted molar refractivity (Wildman–Crippen MR) is 116 cm³/mol. The third kappa shape index (κ3) is 3.93. The van der Waals surface area contributed by atoms with Crippen molar-refractivity contribution in [2.75, 3.05) is 10.6 Å². The molecular weight excluding hydrogens is 405 g/mol. The van der Waals surface area contributed by atoms with Crippen LogP contribution < -0.4 is 10.6 Å². The normalized spacial score (nSPS) is 15.2. The number of anilines is 2. The van der Waals surface area contributed by atoms with E-state index in [1.54, 1.807) is 12.1 Å². The Kier molecular flexibility index (Phi) is 5.55. The van der Waals surface area contributed by atoms with E-state index in [1.165, 1.54) is 10.7 Å². The SMILES string of the molecule is CCCC(=O)Nc1nc2n(n1)[C@H](c1c(F)cccc1Cl)C=C(c1ccc(C)cc1)N2. The lowest BCUT2D eigenvalue weighted by molar-refractivity contribution is -0.116. The lowest BCUT2D eigenvalue weighted by Gasteiger charge is -2.25. The molecule has 0 radical (unpaired) electrons. The Balaban J connectivity index is 1.80. The van der Waals surface area contributed by atoms with Gasteiger partial charge in [-0.3, -0.25) is 10.1 Å². The lowest BCUT2D eigenvalue weighted by atomic mass is 10.0. The van der Waals surface area contributed by atoms with Crippen LogP contribution in [-0.4, -0.2) is 20.7 Å². The number of carbonyl (C=O) groups excluding carboxylic acids is 1. The van der Waals surface area contributed by atoms with Gasteiger partial charge in [0.05, 0.1) is 0 Å². The summed E-state index contributed by atoms with van der Waals surface area (Å²) in [7, 11) is 0. The molecule has 1 aromatic heterocycles. The molecule has 0 aliphatic carbocycles. The minimum Gasteiger partial charge on any atom is -0.324 e. The molecule has 0 bridgehead atoms. The highest BCUT2D eigenvalue weighted by Crippen LogP contribution is 2.37. The number of nitrogens with one attached hydrogen (secondary N) is 2. The van der Waals surface area contributed by atoms with Crippen LogP contribution in [0.4, 0.5) is 16.3 Å². The van der Waals surface area contributed by atoms with E-state index in [1.807, 2.05) is 44.2 Å². The standard InChI is InChI=1S/C22H21ClFN5O/c1-3-5-19(30)26-21-27-22-25-17(14-10-8-13(2)9-11-14)12-18(29(22)28-21)20-15(23)6-4-7-16(20)24/h4,6-12,18H,3,5H2,1-2H3,(H2,25,26,27,28,30)/t18-/m0/s1. The summed E-state index contributed by atoms with van der Waals surface area (Å²) in [6, 6.07) is 11.9. The third-order valence-corrected chi connectivity index (χ3v) is 5.18. The lowest BCUT2D eigenvalue weighted by Crippen LogP contribution is -2.21. The molecule has 30 heavy (non-hydrogen) atoms. The molecule has 1 aliphatic rings. The van der Waals surface area contributed by atoms with Crippen molar-refractivity contribution in [1.29, 1.82) is 0 Å². The molecule has 0 saturated carbocycles. The molecule has 3 aromatic rings. The highest BCUT2D eigenvalue weighted by atomic mass is 35.5. The van der Waals surface area contributed by atoms with E-state index in [2.05, 4.69) is 20.7 Å². The second kappa shape index (κ2) is 8.28. The highest BCUT2D eigenvalue weighted by Gasteiger charge is 2.29. The Morgan fingerprint density at radius 3 is 2.73 bits per heavy atom. The van der Waals surface area contributed by atoms with Crippen molar-refractivity contribution >= 4 is 35.1 Å². The zero-order valence-corrected chi connectivity index (χ0v) is 17.4. The van der Waals surface area contributed by atoms with E-state index in [4.69, 9.17) is 11.6 Å². The predicted octanol–water partition coefficient (Wildman–Crippen LogP) is 5.17. The number of hydrogen-bond donors (Lipinski definition) is 2. The van der Waals surface area contributed by atoms with Gasteiger partial charge in [0.1, 0.15) is 11.9 Å². The Hall–Kier alpha value is -3.19. The summed E-state index contributed by atoms with van der Waals surface area (Å²) < 4.78 is 16.3. The second-order valence-corrected chi connectivity index (χ2v) is 7.56. The summed E-state index contributed by atoms with van der Waals surface area (Å²) in [5, 5.41) is 10.6. The maximum atomic E-state index is 14.8. The summed E-state index contributed by atoms with van der Waals surface area (Å²) >= 11 is 6.36. The van der Waals surface area contributed by atoms with Gasteiger partial charge in [0, 0.05) is 22.7 Å². The van der Waals surface area contributed by atoms with Crippen LogP contribution in [0.5, 0.6) is 0 Å². The molecule has 0 fully saturated rings. The number of hydrogen-bond acceptors (Lipinski definition) is 4. The Bertz CT molecular complexity index is 1100. The molecule has 4 rings (SSSR count). The molecule has 0 saturated heterocycles. The molecule has 1 atom stereocenters. The topological polar surface area (TPSA) is 71.8 Å². The fourth-order valence-corrected chi connectivity index (χ4v) is 3.64. The van der Waals surface area contributed by atoms with E-state index in [0.717, 1.165) is 16.8 Å². The van der Waals surface area contributed by atoms with Gasteiger partial charge in [0.15, 0.2) is 0 Å². The fraction of sp³-hybridized carbons (Fsp3) is 0.227. The number of halogens is 2. The molecule has 1 aliphatic heterocycles. The average molecular weight is 426 g/mol. The van der Waals surface area contributed by atoms with Crippen LogP contribution in [0.1, 0.15) is 42.5 Å². The zero-order chi connectivity index (χ0) is 21.3. The third-order valence-electron chi connectivity index (χ3n) is 4.85. The molecule has 2 aromatic carbocycles. The van der Waals surface area contributed by atoms with Crippen LogP contribution in [-0.2, 0) is 4.79 Å². The maximum Gasteiger partial charge on any atom is 0.250 e. The average Bonchev–Trinajstić information content (AvgIpc) is 3.10. The van der Waals surface area contributed by atoms with Crippen molar-refractivity contribution in [3.8, 4) is 0 Å². The van der Waals surface area contributed by atoms with E-state index < -0.39 is 11.9 Å². The van der Waals surface area contributed by atoms with Crippen molar-refractivity contribution in [1.82, 2.24) is 14.8 Å². The van der Waals surface area contributed by atoms with Gasteiger partial charge in [-0.15, -0.1) is 5.10 Å². The number of amides is 1. The summed E-state index contributed by atoms with van der Waals surface area (Å²) in [5.41, 5.74) is 3.10. The first-order chi connectivity index (χ1) is 14.5. The molecule has 154 valence electrons. The number of allylic oxidation sites excluding steroid dienone is 1. The molecule has 0 unspecified atom stereocenters. The molecule has 2 heterocycles. The summed E-state index contributed by atoms with van der Waals surface area (Å²) in [6.45, 7) is 3.93. The van der Waals surface area contributed by atoms with Gasteiger partial charge in [-0.25, -0.2) is 9.07 Å². The van der Waals surface area contributed by atoms with Crippen molar-refractivity contribution in [2.45, 2.75) is 32.7 Å². The zero-order valence-electron chi connectivity index (χ0n) is 16.6. The number of nitrogens with zero attached hydrogens (tertiary/aromatic N) is 3. The monoisotopic (exact) mass is 425 g/mol. The van der Waals surface area contributed by atoms with Crippen molar-refractivity contribution in [3.63, 3.8) is 0 Å². The Morgan fingerprint density at radius 2 is 2.03 bits per heavy atom. The summed E-state index contributed by atoms with van der Waals surface area (Å²) in [6.07, 6.45) is 2.94. The number of carbonyl (C=O) groups is 1. The van der Waals surface area contributed by atoms with Crippen LogP contribution in [0.25, 0.3) is 5.70 Å². The van der Waals surface area contributed by atoms with E-state index in [-0.39, 0.29) is 11.9 Å². The van der Waals surface area contributed by atoms with Gasteiger partial charge in [-0.1, -0.05) is 54.4 Å². The first-order valence-corrected chi connectivity index (χ1v) is 10.1. The minimum absolute atomic E-state index is 0.159. The molecular formula is C22H21ClFN5O. The molecule has 8 heteroatoms. The van der Waals surface area contributed by atoms with Gasteiger partial charge in [-0.2, -0.15) is 4.98 Å². The largest absolute Gasteiger partial charge is 0.324 e. The Morgan fingerprint density at radius 1 is 1.27 bits per heavy atom. The first kappa shape index (κ1) is 20.1.